The van der Waals surface area contributed by atoms with Crippen molar-refractivity contribution in [3.05, 3.63) is 40.8 Å². The smallest absolute Gasteiger partial charge is 0.303 e. The van der Waals surface area contributed by atoms with Gasteiger partial charge in [0.25, 0.3) is 0 Å². The number of fused-ring (bicyclic) bond motifs is 3. The second kappa shape index (κ2) is 5.37. The SMILES string of the molecule is COc1ccc2c(c1)c(CCC(=O)O)c(C)c1ccsc12. The lowest BCUT2D eigenvalue weighted by molar-refractivity contribution is -0.136. The van der Waals surface area contributed by atoms with E-state index in [4.69, 9.17) is 9.84 Å². The standard InChI is InChI=1S/C17H16O3S/c1-10-12(5-6-16(18)19)15-9-11(20-2)3-4-14(15)17-13(10)7-8-21-17/h3-4,7-9H,5-6H2,1-2H3,(H,18,19). The summed E-state index contributed by atoms with van der Waals surface area (Å²) in [7, 11) is 1.65. The van der Waals surface area contributed by atoms with Crippen LogP contribution in [0.2, 0.25) is 0 Å². The molecule has 21 heavy (non-hydrogen) atoms. The van der Waals surface area contributed by atoms with Gasteiger partial charge in [-0.2, -0.15) is 0 Å². The summed E-state index contributed by atoms with van der Waals surface area (Å²) in [6.45, 7) is 2.07. The molecule has 0 spiro atoms. The van der Waals surface area contributed by atoms with Gasteiger partial charge in [0.2, 0.25) is 0 Å². The van der Waals surface area contributed by atoms with E-state index in [0.29, 0.717) is 6.42 Å². The summed E-state index contributed by atoms with van der Waals surface area (Å²) < 4.78 is 6.58. The molecule has 0 aliphatic rings. The van der Waals surface area contributed by atoms with Crippen LogP contribution in [0, 0.1) is 6.92 Å². The van der Waals surface area contributed by atoms with Gasteiger partial charge in [-0.15, -0.1) is 11.3 Å². The van der Waals surface area contributed by atoms with Gasteiger partial charge in [-0.1, -0.05) is 0 Å². The lowest BCUT2D eigenvalue weighted by Gasteiger charge is -2.13. The fourth-order valence-electron chi connectivity index (χ4n) is 2.83. The van der Waals surface area contributed by atoms with Crippen molar-refractivity contribution in [1.82, 2.24) is 0 Å². The van der Waals surface area contributed by atoms with Crippen molar-refractivity contribution in [3.63, 3.8) is 0 Å². The molecule has 0 aliphatic heterocycles. The zero-order valence-electron chi connectivity index (χ0n) is 12.0. The summed E-state index contributed by atoms with van der Waals surface area (Å²) >= 11 is 1.72. The molecule has 4 heteroatoms. The average Bonchev–Trinajstić information content (AvgIpc) is 2.96. The molecular formula is C17H16O3S. The maximum Gasteiger partial charge on any atom is 0.303 e. The Kier molecular flexibility index (Phi) is 3.55. The number of hydrogen-bond acceptors (Lipinski definition) is 3. The van der Waals surface area contributed by atoms with Gasteiger partial charge < -0.3 is 9.84 Å². The normalized spacial score (nSPS) is 11.1. The number of carboxylic acids is 1. The first kappa shape index (κ1) is 13.9. The quantitative estimate of drug-likeness (QED) is 0.777. The number of hydrogen-bond donors (Lipinski definition) is 1. The number of methoxy groups -OCH3 is 1. The van der Waals surface area contributed by atoms with Crippen molar-refractivity contribution in [2.24, 2.45) is 0 Å². The van der Waals surface area contributed by atoms with Gasteiger partial charge in [-0.25, -0.2) is 0 Å². The first-order valence-electron chi connectivity index (χ1n) is 6.80. The summed E-state index contributed by atoms with van der Waals surface area (Å²) in [5, 5.41) is 14.6. The Labute approximate surface area is 126 Å². The molecule has 0 saturated carbocycles. The molecule has 1 heterocycles. The molecule has 0 atom stereocenters. The van der Waals surface area contributed by atoms with Gasteiger partial charge in [0.05, 0.1) is 7.11 Å². The zero-order chi connectivity index (χ0) is 15.0. The summed E-state index contributed by atoms with van der Waals surface area (Å²) in [5.74, 6) is 0.0326. The maximum atomic E-state index is 10.9. The number of aryl methyl sites for hydroxylation is 2. The largest absolute Gasteiger partial charge is 0.497 e. The third-order valence-corrected chi connectivity index (χ3v) is 4.85. The van der Waals surface area contributed by atoms with E-state index >= 15 is 0 Å². The van der Waals surface area contributed by atoms with Gasteiger partial charge in [-0.05, 0) is 64.9 Å². The topological polar surface area (TPSA) is 46.5 Å². The van der Waals surface area contributed by atoms with Gasteiger partial charge in [0.1, 0.15) is 5.75 Å². The number of carboxylic acid groups (broad SMARTS) is 1. The summed E-state index contributed by atoms with van der Waals surface area (Å²) in [4.78, 5) is 10.9. The monoisotopic (exact) mass is 300 g/mol. The highest BCUT2D eigenvalue weighted by molar-refractivity contribution is 7.18. The third kappa shape index (κ3) is 2.36. The zero-order valence-corrected chi connectivity index (χ0v) is 12.8. The van der Waals surface area contributed by atoms with Crippen LogP contribution >= 0.6 is 11.3 Å². The van der Waals surface area contributed by atoms with E-state index in [1.807, 2.05) is 12.1 Å². The van der Waals surface area contributed by atoms with E-state index in [0.717, 1.165) is 16.7 Å². The van der Waals surface area contributed by atoms with Crippen molar-refractivity contribution >= 4 is 38.2 Å². The highest BCUT2D eigenvalue weighted by Crippen LogP contribution is 2.37. The fourth-order valence-corrected chi connectivity index (χ4v) is 3.82. The van der Waals surface area contributed by atoms with Crippen LogP contribution in [0.1, 0.15) is 17.5 Å². The molecule has 0 amide bonds. The van der Waals surface area contributed by atoms with Crippen LogP contribution in [-0.2, 0) is 11.2 Å². The molecule has 3 nitrogen and oxygen atoms in total. The Morgan fingerprint density at radius 1 is 1.24 bits per heavy atom. The van der Waals surface area contributed by atoms with E-state index in [1.165, 1.54) is 21.0 Å². The van der Waals surface area contributed by atoms with Crippen LogP contribution in [0.25, 0.3) is 20.9 Å². The molecule has 3 rings (SSSR count). The Morgan fingerprint density at radius 3 is 2.76 bits per heavy atom. The number of rotatable bonds is 4. The average molecular weight is 300 g/mol. The Balaban J connectivity index is 2.32. The molecule has 2 aromatic carbocycles. The summed E-state index contributed by atoms with van der Waals surface area (Å²) in [6, 6.07) is 8.15. The van der Waals surface area contributed by atoms with Gasteiger partial charge in [-0.3, -0.25) is 4.79 Å². The molecule has 0 fully saturated rings. The van der Waals surface area contributed by atoms with Crippen LogP contribution in [0.15, 0.2) is 29.6 Å². The summed E-state index contributed by atoms with van der Waals surface area (Å²) in [6.07, 6.45) is 0.680. The van der Waals surface area contributed by atoms with E-state index in [1.54, 1.807) is 18.4 Å². The molecule has 108 valence electrons. The molecule has 1 N–H and O–H groups in total. The second-order valence-corrected chi connectivity index (χ2v) is 5.99. The van der Waals surface area contributed by atoms with E-state index < -0.39 is 5.97 Å². The van der Waals surface area contributed by atoms with Crippen LogP contribution in [0.5, 0.6) is 5.75 Å². The van der Waals surface area contributed by atoms with E-state index in [2.05, 4.69) is 24.4 Å². The predicted molar refractivity (Wildman–Crippen MR) is 86.6 cm³/mol. The number of thiophene rings is 1. The van der Waals surface area contributed by atoms with Crippen molar-refractivity contribution < 1.29 is 14.6 Å². The molecule has 0 aliphatic carbocycles. The molecular weight excluding hydrogens is 284 g/mol. The predicted octanol–water partition coefficient (Wildman–Crippen LogP) is 4.39. The molecule has 0 bridgehead atoms. The minimum atomic E-state index is -0.768. The van der Waals surface area contributed by atoms with Crippen LogP contribution in [0.4, 0.5) is 0 Å². The van der Waals surface area contributed by atoms with Crippen molar-refractivity contribution in [2.45, 2.75) is 19.8 Å². The Hall–Kier alpha value is -2.07. The number of benzene rings is 2. The lowest BCUT2D eigenvalue weighted by Crippen LogP contribution is -2.00. The fraction of sp³-hybridized carbons (Fsp3) is 0.235. The van der Waals surface area contributed by atoms with Crippen LogP contribution < -0.4 is 4.74 Å². The van der Waals surface area contributed by atoms with Crippen LogP contribution in [0.3, 0.4) is 0 Å². The number of aliphatic carboxylic acids is 1. The first-order chi connectivity index (χ1) is 10.1. The Morgan fingerprint density at radius 2 is 2.05 bits per heavy atom. The van der Waals surface area contributed by atoms with Gasteiger partial charge >= 0.3 is 5.97 Å². The van der Waals surface area contributed by atoms with Crippen molar-refractivity contribution in [1.29, 1.82) is 0 Å². The highest BCUT2D eigenvalue weighted by Gasteiger charge is 2.14. The number of carbonyl (C=O) groups is 1. The second-order valence-electron chi connectivity index (χ2n) is 5.07. The Bertz CT molecular complexity index is 833. The third-order valence-electron chi connectivity index (χ3n) is 3.91. The van der Waals surface area contributed by atoms with E-state index in [9.17, 15) is 4.79 Å². The molecule has 0 radical (unpaired) electrons. The first-order valence-corrected chi connectivity index (χ1v) is 7.68. The molecule has 3 aromatic rings. The molecule has 0 unspecified atom stereocenters. The minimum absolute atomic E-state index is 0.142. The van der Waals surface area contributed by atoms with Crippen molar-refractivity contribution in [3.8, 4) is 5.75 Å². The highest BCUT2D eigenvalue weighted by atomic mass is 32.1. The van der Waals surface area contributed by atoms with E-state index in [-0.39, 0.29) is 6.42 Å². The van der Waals surface area contributed by atoms with Crippen LogP contribution in [-0.4, -0.2) is 18.2 Å². The van der Waals surface area contributed by atoms with Crippen molar-refractivity contribution in [2.75, 3.05) is 7.11 Å². The maximum absolute atomic E-state index is 10.9. The lowest BCUT2D eigenvalue weighted by atomic mass is 9.93. The van der Waals surface area contributed by atoms with Gasteiger partial charge in [0, 0.05) is 16.5 Å². The number of ether oxygens (including phenoxy) is 1. The molecule has 0 saturated heterocycles. The van der Waals surface area contributed by atoms with Gasteiger partial charge in [0.15, 0.2) is 0 Å². The summed E-state index contributed by atoms with van der Waals surface area (Å²) in [5.41, 5.74) is 2.28. The minimum Gasteiger partial charge on any atom is -0.497 e. The molecule has 1 aromatic heterocycles.